The average molecular weight is 303 g/mol. The van der Waals surface area contributed by atoms with Gasteiger partial charge in [0.2, 0.25) is 0 Å². The van der Waals surface area contributed by atoms with Gasteiger partial charge in [0.05, 0.1) is 23.2 Å². The van der Waals surface area contributed by atoms with Crippen molar-refractivity contribution in [3.63, 3.8) is 0 Å². The number of aliphatic hydroxyl groups excluding tert-OH is 1. The first-order valence-electron chi connectivity index (χ1n) is 6.60. The second-order valence-corrected chi connectivity index (χ2v) is 5.25. The van der Waals surface area contributed by atoms with E-state index in [0.717, 1.165) is 27.9 Å². The van der Waals surface area contributed by atoms with Gasteiger partial charge in [-0.25, -0.2) is 4.98 Å². The van der Waals surface area contributed by atoms with Crippen LogP contribution in [0, 0.1) is 0 Å². The number of halogens is 1. The van der Waals surface area contributed by atoms with Crippen molar-refractivity contribution in [2.45, 2.75) is 13.0 Å². The number of benzene rings is 2. The van der Waals surface area contributed by atoms with E-state index < -0.39 is 6.10 Å². The molecule has 0 spiro atoms. The molecule has 0 radical (unpaired) electrons. The van der Waals surface area contributed by atoms with Gasteiger partial charge >= 0.3 is 0 Å². The van der Waals surface area contributed by atoms with Crippen molar-refractivity contribution in [1.29, 1.82) is 0 Å². The molecule has 0 saturated carbocycles. The van der Waals surface area contributed by atoms with Gasteiger partial charge in [-0.1, -0.05) is 23.7 Å². The van der Waals surface area contributed by atoms with Crippen molar-refractivity contribution < 1.29 is 9.84 Å². The monoisotopic (exact) mass is 302 g/mol. The first-order valence-corrected chi connectivity index (χ1v) is 6.98. The summed E-state index contributed by atoms with van der Waals surface area (Å²) >= 11 is 6.30. The highest BCUT2D eigenvalue weighted by molar-refractivity contribution is 6.33. The van der Waals surface area contributed by atoms with Crippen LogP contribution >= 0.6 is 11.6 Å². The lowest BCUT2D eigenvalue weighted by atomic mass is 10.0. The largest absolute Gasteiger partial charge is 0.496 e. The number of fused-ring (bicyclic) bond motifs is 1. The molecular weight excluding hydrogens is 288 g/mol. The first-order chi connectivity index (χ1) is 10.1. The topological polar surface area (TPSA) is 58.1 Å². The number of aliphatic hydroxyl groups is 1. The Labute approximate surface area is 127 Å². The van der Waals surface area contributed by atoms with E-state index in [1.165, 1.54) is 0 Å². The van der Waals surface area contributed by atoms with Crippen LogP contribution in [0.5, 0.6) is 5.75 Å². The van der Waals surface area contributed by atoms with Gasteiger partial charge in [0, 0.05) is 5.56 Å². The minimum Gasteiger partial charge on any atom is -0.496 e. The molecule has 1 heterocycles. The number of H-pyrrole nitrogens is 1. The zero-order valence-electron chi connectivity index (χ0n) is 11.7. The normalized spacial score (nSPS) is 12.6. The molecule has 1 unspecified atom stereocenters. The molecule has 21 heavy (non-hydrogen) atoms. The predicted octanol–water partition coefficient (Wildman–Crippen LogP) is 3.95. The number of imidazole rings is 1. The van der Waals surface area contributed by atoms with Crippen LogP contribution in [0.25, 0.3) is 22.2 Å². The van der Waals surface area contributed by atoms with Crippen molar-refractivity contribution in [2.75, 3.05) is 7.11 Å². The van der Waals surface area contributed by atoms with Crippen molar-refractivity contribution >= 4 is 22.6 Å². The van der Waals surface area contributed by atoms with Gasteiger partial charge in [-0.05, 0) is 36.8 Å². The third-order valence-corrected chi connectivity index (χ3v) is 3.69. The molecule has 3 aromatic rings. The highest BCUT2D eigenvalue weighted by Crippen LogP contribution is 2.37. The summed E-state index contributed by atoms with van der Waals surface area (Å²) in [4.78, 5) is 7.46. The van der Waals surface area contributed by atoms with Gasteiger partial charge in [0.1, 0.15) is 17.7 Å². The average Bonchev–Trinajstić information content (AvgIpc) is 2.90. The summed E-state index contributed by atoms with van der Waals surface area (Å²) in [7, 11) is 1.62. The molecule has 0 fully saturated rings. The molecule has 0 bridgehead atoms. The van der Waals surface area contributed by atoms with Crippen LogP contribution < -0.4 is 4.74 Å². The molecule has 5 heteroatoms. The number of hydrogen-bond donors (Lipinski definition) is 2. The molecule has 108 valence electrons. The fourth-order valence-electron chi connectivity index (χ4n) is 2.34. The smallest absolute Gasteiger partial charge is 0.135 e. The lowest BCUT2D eigenvalue weighted by Crippen LogP contribution is -1.92. The van der Waals surface area contributed by atoms with E-state index >= 15 is 0 Å². The molecule has 0 aliphatic heterocycles. The van der Waals surface area contributed by atoms with Gasteiger partial charge in [-0.2, -0.15) is 0 Å². The zero-order chi connectivity index (χ0) is 15.0. The van der Waals surface area contributed by atoms with E-state index in [1.54, 1.807) is 14.0 Å². The van der Waals surface area contributed by atoms with Crippen LogP contribution in [-0.4, -0.2) is 22.2 Å². The van der Waals surface area contributed by atoms with E-state index in [0.29, 0.717) is 10.8 Å². The Balaban J connectivity index is 2.17. The lowest BCUT2D eigenvalue weighted by molar-refractivity contribution is 0.190. The molecule has 0 saturated heterocycles. The number of methoxy groups -OCH3 is 1. The summed E-state index contributed by atoms with van der Waals surface area (Å²) in [6, 6.07) is 11.4. The van der Waals surface area contributed by atoms with Crippen LogP contribution in [0.3, 0.4) is 0 Å². The van der Waals surface area contributed by atoms with E-state index in [2.05, 4.69) is 9.97 Å². The number of aromatic amines is 1. The highest BCUT2D eigenvalue weighted by atomic mass is 35.5. The number of rotatable bonds is 3. The standard InChI is InChI=1S/C16H15ClN2O2/c1-9(20)16-18-12-7-6-10(8-13(12)19-16)15-11(17)4-3-5-14(15)21-2/h3-9,20H,1-2H3,(H,18,19). The third kappa shape index (κ3) is 2.48. The van der Waals surface area contributed by atoms with Crippen LogP contribution in [0.2, 0.25) is 5.02 Å². The summed E-state index contributed by atoms with van der Waals surface area (Å²) < 4.78 is 5.39. The Morgan fingerprint density at radius 3 is 2.81 bits per heavy atom. The van der Waals surface area contributed by atoms with Crippen LogP contribution in [0.1, 0.15) is 18.9 Å². The molecule has 0 amide bonds. The molecule has 4 nitrogen and oxygen atoms in total. The molecular formula is C16H15ClN2O2. The second kappa shape index (κ2) is 5.39. The maximum atomic E-state index is 9.60. The number of ether oxygens (including phenoxy) is 1. The fourth-order valence-corrected chi connectivity index (χ4v) is 2.61. The van der Waals surface area contributed by atoms with Gasteiger partial charge in [0.25, 0.3) is 0 Å². The van der Waals surface area contributed by atoms with Crippen molar-refractivity contribution in [3.05, 3.63) is 47.2 Å². The zero-order valence-corrected chi connectivity index (χ0v) is 12.5. The maximum Gasteiger partial charge on any atom is 0.135 e. The number of nitrogens with zero attached hydrogens (tertiary/aromatic N) is 1. The summed E-state index contributed by atoms with van der Waals surface area (Å²) in [5.41, 5.74) is 3.44. The Kier molecular flexibility index (Phi) is 3.57. The summed E-state index contributed by atoms with van der Waals surface area (Å²) in [5, 5.41) is 10.2. The highest BCUT2D eigenvalue weighted by Gasteiger charge is 2.13. The van der Waals surface area contributed by atoms with Crippen LogP contribution in [0.15, 0.2) is 36.4 Å². The van der Waals surface area contributed by atoms with Gasteiger partial charge in [-0.3, -0.25) is 0 Å². The molecule has 1 aromatic heterocycles. The van der Waals surface area contributed by atoms with E-state index in [-0.39, 0.29) is 0 Å². The van der Waals surface area contributed by atoms with Crippen LogP contribution in [0.4, 0.5) is 0 Å². The predicted molar refractivity (Wildman–Crippen MR) is 83.7 cm³/mol. The number of nitrogens with one attached hydrogen (secondary N) is 1. The Morgan fingerprint density at radius 1 is 1.29 bits per heavy atom. The van der Waals surface area contributed by atoms with Crippen molar-refractivity contribution in [1.82, 2.24) is 9.97 Å². The minimum atomic E-state index is -0.629. The number of aromatic nitrogens is 2. The van der Waals surface area contributed by atoms with E-state index in [4.69, 9.17) is 16.3 Å². The molecule has 2 aromatic carbocycles. The molecule has 3 rings (SSSR count). The van der Waals surface area contributed by atoms with Gasteiger partial charge in [0.15, 0.2) is 0 Å². The Bertz CT molecular complexity index is 796. The Morgan fingerprint density at radius 2 is 2.10 bits per heavy atom. The maximum absolute atomic E-state index is 9.60. The van der Waals surface area contributed by atoms with E-state index in [1.807, 2.05) is 36.4 Å². The van der Waals surface area contributed by atoms with Crippen molar-refractivity contribution in [3.8, 4) is 16.9 Å². The minimum absolute atomic E-state index is 0.549. The van der Waals surface area contributed by atoms with Gasteiger partial charge in [-0.15, -0.1) is 0 Å². The first kappa shape index (κ1) is 13.9. The molecule has 1 atom stereocenters. The van der Waals surface area contributed by atoms with Crippen molar-refractivity contribution in [2.24, 2.45) is 0 Å². The number of hydrogen-bond acceptors (Lipinski definition) is 3. The SMILES string of the molecule is COc1cccc(Cl)c1-c1ccc2nc(C(C)O)[nH]c2c1. The lowest BCUT2D eigenvalue weighted by Gasteiger charge is -2.10. The molecule has 0 aliphatic rings. The van der Waals surface area contributed by atoms with Crippen LogP contribution in [-0.2, 0) is 0 Å². The van der Waals surface area contributed by atoms with E-state index in [9.17, 15) is 5.11 Å². The molecule has 0 aliphatic carbocycles. The quantitative estimate of drug-likeness (QED) is 0.770. The summed E-state index contributed by atoms with van der Waals surface area (Å²) in [6.45, 7) is 1.68. The second-order valence-electron chi connectivity index (χ2n) is 4.85. The molecule has 2 N–H and O–H groups in total. The Hall–Kier alpha value is -2.04. The third-order valence-electron chi connectivity index (χ3n) is 3.38. The summed E-state index contributed by atoms with van der Waals surface area (Å²) in [5.74, 6) is 1.27. The van der Waals surface area contributed by atoms with Gasteiger partial charge < -0.3 is 14.8 Å². The fraction of sp³-hybridized carbons (Fsp3) is 0.188. The summed E-state index contributed by atoms with van der Waals surface area (Å²) in [6.07, 6.45) is -0.629.